The van der Waals surface area contributed by atoms with Crippen LogP contribution >= 0.6 is 0 Å². The Balaban J connectivity index is 2.18. The molecule has 1 aromatic carbocycles. The van der Waals surface area contributed by atoms with E-state index in [9.17, 15) is 9.90 Å². The maximum Gasteiger partial charge on any atom is 0.419 e. The average Bonchev–Trinajstić information content (AvgIpc) is 2.51. The number of oxazole rings is 1. The monoisotopic (exact) mass is 263 g/mol. The lowest BCUT2D eigenvalue weighted by atomic mass is 9.67. The summed E-state index contributed by atoms with van der Waals surface area (Å²) in [6, 6.07) is 5.61. The Morgan fingerprint density at radius 3 is 2.58 bits per heavy atom. The molecule has 0 aliphatic carbocycles. The number of aliphatic hydroxyl groups is 1. The minimum Gasteiger partial charge on any atom is -0.408 e. The second-order valence-corrected chi connectivity index (χ2v) is 5.74. The van der Waals surface area contributed by atoms with Crippen molar-refractivity contribution >= 4 is 11.1 Å². The molecule has 0 spiro atoms. The van der Waals surface area contributed by atoms with Crippen LogP contribution in [0.5, 0.6) is 0 Å². The predicted octanol–water partition coefficient (Wildman–Crippen LogP) is 1.17. The number of ether oxygens (including phenoxy) is 1. The summed E-state index contributed by atoms with van der Waals surface area (Å²) < 4.78 is 12.0. The Hall–Kier alpha value is -1.59. The predicted molar refractivity (Wildman–Crippen MR) is 70.2 cm³/mol. The molecule has 0 atom stereocenters. The smallest absolute Gasteiger partial charge is 0.408 e. The summed E-state index contributed by atoms with van der Waals surface area (Å²) >= 11 is 0. The van der Waals surface area contributed by atoms with Crippen LogP contribution in [0.4, 0.5) is 0 Å². The Bertz CT molecular complexity index is 686. The number of fused-ring (bicyclic) bond motifs is 1. The summed E-state index contributed by atoms with van der Waals surface area (Å²) in [6.07, 6.45) is 0. The third-order valence-electron chi connectivity index (χ3n) is 4.21. The van der Waals surface area contributed by atoms with Gasteiger partial charge >= 0.3 is 5.76 Å². The molecule has 2 aromatic rings. The van der Waals surface area contributed by atoms with E-state index in [4.69, 9.17) is 9.15 Å². The van der Waals surface area contributed by atoms with Crippen molar-refractivity contribution in [3.05, 3.63) is 34.3 Å². The maximum absolute atomic E-state index is 11.5. The summed E-state index contributed by atoms with van der Waals surface area (Å²) in [5.41, 5.74) is 0.900. The van der Waals surface area contributed by atoms with E-state index in [1.807, 2.05) is 18.2 Å². The van der Waals surface area contributed by atoms with Crippen molar-refractivity contribution in [3.63, 3.8) is 0 Å². The highest BCUT2D eigenvalue weighted by Crippen LogP contribution is 2.42. The van der Waals surface area contributed by atoms with Gasteiger partial charge in [-0.05, 0) is 31.5 Å². The molecular weight excluding hydrogens is 246 g/mol. The summed E-state index contributed by atoms with van der Waals surface area (Å²) in [7, 11) is 1.67. The Morgan fingerprint density at radius 1 is 1.37 bits per heavy atom. The molecule has 1 fully saturated rings. The number of benzene rings is 1. The van der Waals surface area contributed by atoms with Gasteiger partial charge in [0.2, 0.25) is 0 Å². The van der Waals surface area contributed by atoms with E-state index in [2.05, 4.69) is 0 Å². The minimum absolute atomic E-state index is 0.380. The van der Waals surface area contributed by atoms with Crippen LogP contribution in [0.3, 0.4) is 0 Å². The molecule has 3 rings (SSSR count). The lowest BCUT2D eigenvalue weighted by molar-refractivity contribution is -0.157. The molecule has 1 aliphatic rings. The molecule has 1 aliphatic heterocycles. The standard InChI is InChI=1S/C14H17NO4/c1-13(2,17)14(7-18-8-14)9-4-5-10-11(6-9)19-12(16)15(10)3/h4-6,17H,7-8H2,1-3H3. The fourth-order valence-corrected chi connectivity index (χ4v) is 2.61. The van der Waals surface area contributed by atoms with E-state index in [0.29, 0.717) is 18.8 Å². The largest absolute Gasteiger partial charge is 0.419 e. The molecule has 0 amide bonds. The summed E-state index contributed by atoms with van der Waals surface area (Å²) in [6.45, 7) is 4.50. The van der Waals surface area contributed by atoms with Crippen molar-refractivity contribution in [2.45, 2.75) is 24.9 Å². The van der Waals surface area contributed by atoms with E-state index in [-0.39, 0.29) is 5.76 Å². The molecule has 1 aromatic heterocycles. The normalized spacial score (nSPS) is 18.5. The number of rotatable bonds is 2. The van der Waals surface area contributed by atoms with E-state index in [0.717, 1.165) is 11.1 Å². The average molecular weight is 263 g/mol. The number of hydrogen-bond acceptors (Lipinski definition) is 4. The van der Waals surface area contributed by atoms with Crippen LogP contribution in [0.25, 0.3) is 11.1 Å². The molecular formula is C14H17NO4. The number of aryl methyl sites for hydroxylation is 1. The SMILES string of the molecule is Cn1c(=O)oc2cc(C3(C(C)(C)O)COC3)ccc21. The Kier molecular flexibility index (Phi) is 2.43. The van der Waals surface area contributed by atoms with Crippen LogP contribution in [0.2, 0.25) is 0 Å². The zero-order chi connectivity index (χ0) is 13.8. The van der Waals surface area contributed by atoms with Crippen molar-refractivity contribution in [2.75, 3.05) is 13.2 Å². The maximum atomic E-state index is 11.5. The molecule has 5 heteroatoms. The van der Waals surface area contributed by atoms with Gasteiger partial charge in [0, 0.05) is 7.05 Å². The van der Waals surface area contributed by atoms with Gasteiger partial charge in [-0.15, -0.1) is 0 Å². The van der Waals surface area contributed by atoms with Gasteiger partial charge in [-0.25, -0.2) is 4.79 Å². The molecule has 0 bridgehead atoms. The van der Waals surface area contributed by atoms with Crippen LogP contribution in [-0.4, -0.2) is 28.5 Å². The fourth-order valence-electron chi connectivity index (χ4n) is 2.61. The van der Waals surface area contributed by atoms with Gasteiger partial charge in [0.25, 0.3) is 0 Å². The third-order valence-corrected chi connectivity index (χ3v) is 4.21. The van der Waals surface area contributed by atoms with E-state index >= 15 is 0 Å². The van der Waals surface area contributed by atoms with Crippen molar-refractivity contribution in [2.24, 2.45) is 7.05 Å². The summed E-state index contributed by atoms with van der Waals surface area (Å²) in [5.74, 6) is -0.380. The molecule has 2 heterocycles. The molecule has 19 heavy (non-hydrogen) atoms. The minimum atomic E-state index is -0.895. The Labute approximate surface area is 110 Å². The van der Waals surface area contributed by atoms with Crippen LogP contribution in [0.15, 0.2) is 27.4 Å². The fraction of sp³-hybridized carbons (Fsp3) is 0.500. The first-order valence-electron chi connectivity index (χ1n) is 6.25. The van der Waals surface area contributed by atoms with Gasteiger partial charge < -0.3 is 14.3 Å². The second kappa shape index (κ2) is 3.71. The van der Waals surface area contributed by atoms with Gasteiger partial charge in [-0.2, -0.15) is 0 Å². The lowest BCUT2D eigenvalue weighted by Gasteiger charge is -2.49. The van der Waals surface area contributed by atoms with Crippen LogP contribution in [-0.2, 0) is 17.2 Å². The van der Waals surface area contributed by atoms with Gasteiger partial charge in [-0.3, -0.25) is 4.57 Å². The number of hydrogen-bond donors (Lipinski definition) is 1. The van der Waals surface area contributed by atoms with E-state index in [1.54, 1.807) is 20.9 Å². The van der Waals surface area contributed by atoms with Crippen molar-refractivity contribution in [1.82, 2.24) is 4.57 Å². The van der Waals surface area contributed by atoms with Gasteiger partial charge in [0.15, 0.2) is 5.58 Å². The molecule has 5 nitrogen and oxygen atoms in total. The van der Waals surface area contributed by atoms with Gasteiger partial charge in [0.05, 0.1) is 29.7 Å². The highest BCUT2D eigenvalue weighted by molar-refractivity contribution is 5.74. The highest BCUT2D eigenvalue weighted by Gasteiger charge is 2.51. The highest BCUT2D eigenvalue weighted by atomic mass is 16.5. The topological polar surface area (TPSA) is 64.6 Å². The first kappa shape index (κ1) is 12.4. The van der Waals surface area contributed by atoms with Crippen LogP contribution in [0, 0.1) is 0 Å². The van der Waals surface area contributed by atoms with E-state index in [1.165, 1.54) is 4.57 Å². The van der Waals surface area contributed by atoms with Crippen LogP contribution in [0.1, 0.15) is 19.4 Å². The van der Waals surface area contributed by atoms with Crippen LogP contribution < -0.4 is 5.76 Å². The third kappa shape index (κ3) is 1.58. The Morgan fingerprint density at radius 2 is 2.05 bits per heavy atom. The first-order chi connectivity index (χ1) is 8.85. The quantitative estimate of drug-likeness (QED) is 0.883. The van der Waals surface area contributed by atoms with E-state index < -0.39 is 11.0 Å². The van der Waals surface area contributed by atoms with Gasteiger partial charge in [-0.1, -0.05) is 6.07 Å². The van der Waals surface area contributed by atoms with Gasteiger partial charge in [0.1, 0.15) is 0 Å². The molecule has 0 saturated carbocycles. The molecule has 1 saturated heterocycles. The molecule has 102 valence electrons. The zero-order valence-corrected chi connectivity index (χ0v) is 11.3. The lowest BCUT2D eigenvalue weighted by Crippen LogP contribution is -2.60. The first-order valence-corrected chi connectivity index (χ1v) is 6.25. The van der Waals surface area contributed by atoms with Crippen molar-refractivity contribution in [1.29, 1.82) is 0 Å². The summed E-state index contributed by atoms with van der Waals surface area (Å²) in [4.78, 5) is 11.5. The summed E-state index contributed by atoms with van der Waals surface area (Å²) in [5, 5.41) is 10.4. The second-order valence-electron chi connectivity index (χ2n) is 5.74. The molecule has 0 radical (unpaired) electrons. The zero-order valence-electron chi connectivity index (χ0n) is 11.3. The number of nitrogens with zero attached hydrogens (tertiary/aromatic N) is 1. The number of aromatic nitrogens is 1. The van der Waals surface area contributed by atoms with Crippen molar-refractivity contribution < 1.29 is 14.3 Å². The molecule has 0 unspecified atom stereocenters. The van der Waals surface area contributed by atoms with Crippen molar-refractivity contribution in [3.8, 4) is 0 Å². The molecule has 1 N–H and O–H groups in total.